The lowest BCUT2D eigenvalue weighted by Gasteiger charge is -2.24. The Morgan fingerprint density at radius 2 is 2.27 bits per heavy atom. The number of aromatic nitrogens is 2. The third-order valence-electron chi connectivity index (χ3n) is 3.99. The average molecular weight is 319 g/mol. The maximum Gasteiger partial charge on any atom is 0.316 e. The fourth-order valence-corrected chi connectivity index (χ4v) is 3.58. The molecule has 116 valence electrons. The molecule has 1 N–H and O–H groups in total. The number of rotatable bonds is 4. The molecule has 0 aromatic carbocycles. The van der Waals surface area contributed by atoms with Crippen LogP contribution in [0.25, 0.3) is 0 Å². The van der Waals surface area contributed by atoms with Crippen molar-refractivity contribution in [2.75, 3.05) is 6.54 Å². The summed E-state index contributed by atoms with van der Waals surface area (Å²) in [6.07, 6.45) is 5.12. The second-order valence-corrected chi connectivity index (χ2v) is 6.12. The molecule has 2 aromatic rings. The molecule has 0 unspecified atom stereocenters. The van der Waals surface area contributed by atoms with E-state index in [9.17, 15) is 14.4 Å². The summed E-state index contributed by atoms with van der Waals surface area (Å²) in [4.78, 5) is 39.6. The van der Waals surface area contributed by atoms with Crippen molar-refractivity contribution in [1.29, 1.82) is 0 Å². The Hall–Kier alpha value is -2.15. The van der Waals surface area contributed by atoms with Gasteiger partial charge >= 0.3 is 11.1 Å². The van der Waals surface area contributed by atoms with Crippen LogP contribution in [0.1, 0.15) is 30.9 Å². The summed E-state index contributed by atoms with van der Waals surface area (Å²) < 4.78 is 1.28. The first-order chi connectivity index (χ1) is 10.7. The molecule has 1 fully saturated rings. The smallest absolute Gasteiger partial charge is 0.316 e. The molecule has 1 aliphatic heterocycles. The van der Waals surface area contributed by atoms with E-state index in [4.69, 9.17) is 0 Å². The van der Waals surface area contributed by atoms with Crippen LogP contribution in [0.15, 0.2) is 38.8 Å². The van der Waals surface area contributed by atoms with Crippen molar-refractivity contribution in [3.8, 4) is 0 Å². The van der Waals surface area contributed by atoms with Gasteiger partial charge in [0.1, 0.15) is 0 Å². The third kappa shape index (κ3) is 2.89. The second-order valence-electron chi connectivity index (χ2n) is 5.34. The molecule has 1 amide bonds. The molecule has 2 aromatic heterocycles. The first-order valence-corrected chi connectivity index (χ1v) is 8.21. The standard InChI is InChI=1S/C15H17N3O3S/c19-13(3-7-17-8-5-16-14(20)15(17)21)18-6-1-2-12(18)11-4-9-22-10-11/h4-5,8-10,12H,1-3,6-7H2,(H,16,20)/t12-/m0/s1. The van der Waals surface area contributed by atoms with E-state index in [1.807, 2.05) is 10.3 Å². The Labute approximate surface area is 131 Å². The summed E-state index contributed by atoms with van der Waals surface area (Å²) in [6, 6.07) is 2.21. The largest absolute Gasteiger partial charge is 0.336 e. The lowest BCUT2D eigenvalue weighted by molar-refractivity contribution is -0.132. The van der Waals surface area contributed by atoms with E-state index in [1.54, 1.807) is 11.3 Å². The Bertz CT molecular complexity index is 763. The van der Waals surface area contributed by atoms with Crippen molar-refractivity contribution in [3.05, 3.63) is 55.5 Å². The quantitative estimate of drug-likeness (QED) is 0.865. The first kappa shape index (κ1) is 14.8. The highest BCUT2D eigenvalue weighted by Gasteiger charge is 2.29. The summed E-state index contributed by atoms with van der Waals surface area (Å²) in [5, 5.41) is 4.10. The normalized spacial score (nSPS) is 17.8. The number of thiophene rings is 1. The lowest BCUT2D eigenvalue weighted by Crippen LogP contribution is -2.37. The molecule has 0 bridgehead atoms. The van der Waals surface area contributed by atoms with Crippen molar-refractivity contribution >= 4 is 17.2 Å². The number of nitrogens with one attached hydrogen (secondary N) is 1. The number of likely N-dealkylation sites (tertiary alicyclic amines) is 1. The molecule has 0 radical (unpaired) electrons. The topological polar surface area (TPSA) is 75.2 Å². The summed E-state index contributed by atoms with van der Waals surface area (Å²) in [5.41, 5.74) is -0.0949. The number of hydrogen-bond acceptors (Lipinski definition) is 4. The molecule has 7 heteroatoms. The van der Waals surface area contributed by atoms with Crippen LogP contribution < -0.4 is 11.1 Å². The predicted octanol–water partition coefficient (Wildman–Crippen LogP) is 1.35. The zero-order valence-corrected chi connectivity index (χ0v) is 12.8. The molecule has 0 spiro atoms. The van der Waals surface area contributed by atoms with Gasteiger partial charge < -0.3 is 14.5 Å². The van der Waals surface area contributed by atoms with E-state index in [-0.39, 0.29) is 24.9 Å². The summed E-state index contributed by atoms with van der Waals surface area (Å²) in [5.74, 6) is 0.0286. The number of hydrogen-bond donors (Lipinski definition) is 1. The van der Waals surface area contributed by atoms with Gasteiger partial charge in [0.2, 0.25) is 5.91 Å². The third-order valence-corrected chi connectivity index (χ3v) is 4.69. The Morgan fingerprint density at radius 1 is 1.41 bits per heavy atom. The number of H-pyrrole nitrogens is 1. The highest BCUT2D eigenvalue weighted by atomic mass is 32.1. The van der Waals surface area contributed by atoms with Crippen molar-refractivity contribution in [3.63, 3.8) is 0 Å². The summed E-state index contributed by atoms with van der Waals surface area (Å²) in [6.45, 7) is 0.984. The van der Waals surface area contributed by atoms with Gasteiger partial charge in [-0.3, -0.25) is 14.4 Å². The van der Waals surface area contributed by atoms with E-state index in [1.165, 1.54) is 22.5 Å². The fraction of sp³-hybridized carbons (Fsp3) is 0.400. The van der Waals surface area contributed by atoms with Crippen LogP contribution in [0.2, 0.25) is 0 Å². The summed E-state index contributed by atoms with van der Waals surface area (Å²) >= 11 is 1.63. The molecule has 6 nitrogen and oxygen atoms in total. The number of carbonyl (C=O) groups excluding carboxylic acids is 1. The van der Waals surface area contributed by atoms with E-state index in [0.29, 0.717) is 0 Å². The first-order valence-electron chi connectivity index (χ1n) is 7.26. The molecule has 1 saturated heterocycles. The molecule has 0 aliphatic carbocycles. The SMILES string of the molecule is O=C(CCn1cc[nH]c(=O)c1=O)N1CCC[C@H]1c1ccsc1. The van der Waals surface area contributed by atoms with Crippen molar-refractivity contribution < 1.29 is 4.79 Å². The van der Waals surface area contributed by atoms with Crippen LogP contribution in [0.3, 0.4) is 0 Å². The molecular weight excluding hydrogens is 302 g/mol. The molecule has 0 saturated carbocycles. The van der Waals surface area contributed by atoms with Gasteiger partial charge in [-0.05, 0) is 35.2 Å². The van der Waals surface area contributed by atoms with E-state index >= 15 is 0 Å². The van der Waals surface area contributed by atoms with Crippen LogP contribution in [0.5, 0.6) is 0 Å². The minimum atomic E-state index is -0.660. The van der Waals surface area contributed by atoms with Crippen LogP contribution in [-0.4, -0.2) is 26.9 Å². The van der Waals surface area contributed by atoms with Gasteiger partial charge in [0.15, 0.2) is 0 Å². The maximum absolute atomic E-state index is 12.4. The minimum absolute atomic E-state index is 0.0286. The van der Waals surface area contributed by atoms with Gasteiger partial charge in [-0.15, -0.1) is 0 Å². The van der Waals surface area contributed by atoms with Crippen LogP contribution >= 0.6 is 11.3 Å². The maximum atomic E-state index is 12.4. The molecule has 3 rings (SSSR count). The molecule has 1 atom stereocenters. The van der Waals surface area contributed by atoms with Crippen molar-refractivity contribution in [2.45, 2.75) is 31.8 Å². The van der Waals surface area contributed by atoms with Gasteiger partial charge in [0.05, 0.1) is 6.04 Å². The lowest BCUT2D eigenvalue weighted by atomic mass is 10.1. The summed E-state index contributed by atoms with van der Waals surface area (Å²) in [7, 11) is 0. The average Bonchev–Trinajstić information content (AvgIpc) is 3.18. The van der Waals surface area contributed by atoms with Gasteiger partial charge in [0.25, 0.3) is 0 Å². The van der Waals surface area contributed by atoms with Crippen molar-refractivity contribution in [2.24, 2.45) is 0 Å². The zero-order valence-electron chi connectivity index (χ0n) is 12.0. The van der Waals surface area contributed by atoms with Gasteiger partial charge in [-0.2, -0.15) is 11.3 Å². The Balaban J connectivity index is 1.68. The highest BCUT2D eigenvalue weighted by Crippen LogP contribution is 2.33. The van der Waals surface area contributed by atoms with Crippen LogP contribution in [0.4, 0.5) is 0 Å². The second kappa shape index (κ2) is 6.31. The van der Waals surface area contributed by atoms with Gasteiger partial charge in [0, 0.05) is 31.9 Å². The van der Waals surface area contributed by atoms with Crippen molar-refractivity contribution in [1.82, 2.24) is 14.5 Å². The number of carbonyl (C=O) groups is 1. The monoisotopic (exact) mass is 319 g/mol. The van der Waals surface area contributed by atoms with E-state index < -0.39 is 11.1 Å². The number of amides is 1. The highest BCUT2D eigenvalue weighted by molar-refractivity contribution is 7.07. The molecular formula is C15H17N3O3S. The number of aromatic amines is 1. The van der Waals surface area contributed by atoms with Gasteiger partial charge in [-0.25, -0.2) is 0 Å². The minimum Gasteiger partial charge on any atom is -0.336 e. The number of nitrogens with zero attached hydrogens (tertiary/aromatic N) is 2. The Morgan fingerprint density at radius 3 is 3.05 bits per heavy atom. The molecule has 1 aliphatic rings. The zero-order chi connectivity index (χ0) is 15.5. The molecule has 3 heterocycles. The molecule has 22 heavy (non-hydrogen) atoms. The van der Waals surface area contributed by atoms with E-state index in [0.717, 1.165) is 19.4 Å². The predicted molar refractivity (Wildman–Crippen MR) is 83.9 cm³/mol. The van der Waals surface area contributed by atoms with Crippen LogP contribution in [-0.2, 0) is 11.3 Å². The number of aryl methyl sites for hydroxylation is 1. The van der Waals surface area contributed by atoms with Gasteiger partial charge in [-0.1, -0.05) is 0 Å². The fourth-order valence-electron chi connectivity index (χ4n) is 2.87. The van der Waals surface area contributed by atoms with E-state index in [2.05, 4.69) is 16.4 Å². The van der Waals surface area contributed by atoms with Crippen LogP contribution in [0, 0.1) is 0 Å². The Kier molecular flexibility index (Phi) is 4.24.